The van der Waals surface area contributed by atoms with Crippen LogP contribution in [0.4, 0.5) is 0 Å². The van der Waals surface area contributed by atoms with Crippen LogP contribution in [0.25, 0.3) is 0 Å². The lowest BCUT2D eigenvalue weighted by Gasteiger charge is -2.27. The second kappa shape index (κ2) is 5.12. The molecule has 1 aromatic carbocycles. The van der Waals surface area contributed by atoms with Gasteiger partial charge in [0.15, 0.2) is 0 Å². The summed E-state index contributed by atoms with van der Waals surface area (Å²) in [6.45, 7) is 1.41. The van der Waals surface area contributed by atoms with Crippen molar-refractivity contribution in [2.24, 2.45) is 0 Å². The summed E-state index contributed by atoms with van der Waals surface area (Å²) in [5.41, 5.74) is 1.15. The van der Waals surface area contributed by atoms with Gasteiger partial charge < -0.3 is 9.64 Å². The summed E-state index contributed by atoms with van der Waals surface area (Å²) in [6, 6.07) is 10.2. The minimum atomic E-state index is 0.0706. The van der Waals surface area contributed by atoms with Crippen molar-refractivity contribution in [3.8, 4) is 0 Å². The molecule has 1 atom stereocenters. The van der Waals surface area contributed by atoms with E-state index in [1.54, 1.807) is 7.11 Å². The Balaban J connectivity index is 2.20. The number of carbonyl (C=O) groups is 1. The average molecular weight is 219 g/mol. The highest BCUT2D eigenvalue weighted by molar-refractivity contribution is 5.78. The normalized spacial score (nSPS) is 17.8. The molecule has 1 aromatic rings. The molecule has 3 nitrogen and oxygen atoms in total. The largest absolute Gasteiger partial charge is 0.382 e. The molecule has 1 amide bonds. The number of carbonyl (C=O) groups excluding carboxylic acids is 1. The van der Waals surface area contributed by atoms with Gasteiger partial charge in [0.2, 0.25) is 5.91 Å². The monoisotopic (exact) mass is 219 g/mol. The molecule has 3 heteroatoms. The second-order valence-corrected chi connectivity index (χ2v) is 4.07. The van der Waals surface area contributed by atoms with E-state index in [4.69, 9.17) is 4.74 Å². The van der Waals surface area contributed by atoms with E-state index in [1.165, 1.54) is 0 Å². The fourth-order valence-electron chi connectivity index (χ4n) is 2.20. The Kier molecular flexibility index (Phi) is 3.57. The Morgan fingerprint density at radius 2 is 2.12 bits per heavy atom. The molecule has 1 aliphatic rings. The van der Waals surface area contributed by atoms with Gasteiger partial charge in [0.05, 0.1) is 12.6 Å². The molecule has 1 fully saturated rings. The lowest BCUT2D eigenvalue weighted by atomic mass is 10.1. The second-order valence-electron chi connectivity index (χ2n) is 4.07. The predicted molar refractivity (Wildman–Crippen MR) is 62.0 cm³/mol. The van der Waals surface area contributed by atoms with Crippen LogP contribution in [0.15, 0.2) is 30.3 Å². The Bertz CT molecular complexity index is 350. The highest BCUT2D eigenvalue weighted by Crippen LogP contribution is 2.25. The highest BCUT2D eigenvalue weighted by Gasteiger charge is 2.28. The van der Waals surface area contributed by atoms with Crippen LogP contribution in [0.5, 0.6) is 0 Å². The van der Waals surface area contributed by atoms with E-state index in [0.29, 0.717) is 13.0 Å². The summed E-state index contributed by atoms with van der Waals surface area (Å²) in [5, 5.41) is 0. The molecule has 1 aliphatic heterocycles. The molecule has 0 saturated carbocycles. The molecule has 1 heterocycles. The van der Waals surface area contributed by atoms with Crippen LogP contribution >= 0.6 is 0 Å². The van der Waals surface area contributed by atoms with Crippen LogP contribution in [-0.4, -0.2) is 31.1 Å². The van der Waals surface area contributed by atoms with Crippen molar-refractivity contribution in [2.45, 2.75) is 18.9 Å². The summed E-state index contributed by atoms with van der Waals surface area (Å²) in [7, 11) is 1.68. The van der Waals surface area contributed by atoms with Gasteiger partial charge in [-0.3, -0.25) is 4.79 Å². The number of benzene rings is 1. The van der Waals surface area contributed by atoms with Crippen LogP contribution in [0, 0.1) is 0 Å². The van der Waals surface area contributed by atoms with Gasteiger partial charge in [-0.15, -0.1) is 0 Å². The van der Waals surface area contributed by atoms with Crippen molar-refractivity contribution in [1.82, 2.24) is 4.90 Å². The smallest absolute Gasteiger partial charge is 0.223 e. The van der Waals surface area contributed by atoms with E-state index in [-0.39, 0.29) is 11.9 Å². The quantitative estimate of drug-likeness (QED) is 0.775. The first-order valence-corrected chi connectivity index (χ1v) is 5.66. The van der Waals surface area contributed by atoms with Crippen molar-refractivity contribution in [2.75, 3.05) is 20.3 Å². The molecule has 0 aromatic heterocycles. The van der Waals surface area contributed by atoms with Crippen LogP contribution in [0.2, 0.25) is 0 Å². The van der Waals surface area contributed by atoms with Gasteiger partial charge in [-0.25, -0.2) is 0 Å². The number of rotatable bonds is 4. The van der Waals surface area contributed by atoms with Gasteiger partial charge in [0.25, 0.3) is 0 Å². The van der Waals surface area contributed by atoms with Gasteiger partial charge in [-0.05, 0) is 12.0 Å². The van der Waals surface area contributed by atoms with Gasteiger partial charge in [0.1, 0.15) is 0 Å². The minimum Gasteiger partial charge on any atom is -0.382 e. The van der Waals surface area contributed by atoms with Crippen LogP contribution < -0.4 is 0 Å². The zero-order valence-corrected chi connectivity index (χ0v) is 9.56. The molecule has 0 bridgehead atoms. The number of methoxy groups -OCH3 is 1. The minimum absolute atomic E-state index is 0.0706. The third kappa shape index (κ3) is 2.25. The van der Waals surface area contributed by atoms with Crippen LogP contribution in [0.3, 0.4) is 0 Å². The summed E-state index contributed by atoms with van der Waals surface area (Å²) in [4.78, 5) is 13.7. The third-order valence-corrected chi connectivity index (χ3v) is 3.00. The predicted octanol–water partition coefficient (Wildman–Crippen LogP) is 2.00. The number of hydrogen-bond acceptors (Lipinski definition) is 2. The van der Waals surface area contributed by atoms with Gasteiger partial charge in [-0.2, -0.15) is 0 Å². The number of likely N-dealkylation sites (tertiary alicyclic amines) is 1. The van der Waals surface area contributed by atoms with Gasteiger partial charge in [-0.1, -0.05) is 30.3 Å². The van der Waals surface area contributed by atoms with Crippen molar-refractivity contribution in [3.63, 3.8) is 0 Å². The Labute approximate surface area is 96.0 Å². The molecule has 0 radical (unpaired) electrons. The van der Waals surface area contributed by atoms with E-state index in [0.717, 1.165) is 18.5 Å². The van der Waals surface area contributed by atoms with E-state index >= 15 is 0 Å². The topological polar surface area (TPSA) is 29.5 Å². The molecule has 0 spiro atoms. The SMILES string of the molecule is COCC(c1ccccc1)N1CCCC1=O. The molecule has 0 N–H and O–H groups in total. The zero-order valence-electron chi connectivity index (χ0n) is 9.56. The fourth-order valence-corrected chi connectivity index (χ4v) is 2.20. The third-order valence-electron chi connectivity index (χ3n) is 3.00. The average Bonchev–Trinajstić information content (AvgIpc) is 2.73. The Hall–Kier alpha value is -1.35. The zero-order chi connectivity index (χ0) is 11.4. The molecule has 86 valence electrons. The molecular weight excluding hydrogens is 202 g/mol. The molecular formula is C13H17NO2. The van der Waals surface area contributed by atoms with Gasteiger partial charge >= 0.3 is 0 Å². The number of hydrogen-bond donors (Lipinski definition) is 0. The van der Waals surface area contributed by atoms with Crippen molar-refractivity contribution in [1.29, 1.82) is 0 Å². The Morgan fingerprint density at radius 1 is 1.38 bits per heavy atom. The van der Waals surface area contributed by atoms with E-state index in [1.807, 2.05) is 23.1 Å². The molecule has 2 rings (SSSR count). The molecule has 0 aliphatic carbocycles. The Morgan fingerprint density at radius 3 is 2.69 bits per heavy atom. The van der Waals surface area contributed by atoms with Gasteiger partial charge in [0, 0.05) is 20.1 Å². The molecule has 1 unspecified atom stereocenters. The van der Waals surface area contributed by atoms with E-state index in [2.05, 4.69) is 12.1 Å². The van der Waals surface area contributed by atoms with Crippen molar-refractivity contribution >= 4 is 5.91 Å². The van der Waals surface area contributed by atoms with Crippen molar-refractivity contribution < 1.29 is 9.53 Å². The molecule has 1 saturated heterocycles. The lowest BCUT2D eigenvalue weighted by Crippen LogP contribution is -2.32. The maximum atomic E-state index is 11.7. The van der Waals surface area contributed by atoms with Crippen molar-refractivity contribution in [3.05, 3.63) is 35.9 Å². The fraction of sp³-hybridized carbons (Fsp3) is 0.462. The number of amides is 1. The van der Waals surface area contributed by atoms with E-state index < -0.39 is 0 Å². The van der Waals surface area contributed by atoms with E-state index in [9.17, 15) is 4.79 Å². The summed E-state index contributed by atoms with van der Waals surface area (Å²) >= 11 is 0. The standard InChI is InChI=1S/C13H17NO2/c1-16-10-12(11-6-3-2-4-7-11)14-9-5-8-13(14)15/h2-4,6-7,12H,5,8-10H2,1H3. The lowest BCUT2D eigenvalue weighted by molar-refractivity contribution is -0.130. The van der Waals surface area contributed by atoms with Crippen LogP contribution in [0.1, 0.15) is 24.4 Å². The first kappa shape index (κ1) is 11.1. The number of nitrogens with zero attached hydrogens (tertiary/aromatic N) is 1. The molecule has 16 heavy (non-hydrogen) atoms. The maximum Gasteiger partial charge on any atom is 0.223 e. The maximum absolute atomic E-state index is 11.7. The summed E-state index contributed by atoms with van der Waals surface area (Å²) in [5.74, 6) is 0.242. The first-order valence-electron chi connectivity index (χ1n) is 5.66. The van der Waals surface area contributed by atoms with Crippen LogP contribution in [-0.2, 0) is 9.53 Å². The summed E-state index contributed by atoms with van der Waals surface area (Å²) in [6.07, 6.45) is 1.64. The highest BCUT2D eigenvalue weighted by atomic mass is 16.5. The number of ether oxygens (including phenoxy) is 1. The summed E-state index contributed by atoms with van der Waals surface area (Å²) < 4.78 is 5.23. The first-order chi connectivity index (χ1) is 7.83.